The third-order valence-corrected chi connectivity index (χ3v) is 21.9. The van der Waals surface area contributed by atoms with Crippen molar-refractivity contribution >= 4 is 102 Å². The van der Waals surface area contributed by atoms with E-state index in [2.05, 4.69) is 66.4 Å². The summed E-state index contributed by atoms with van der Waals surface area (Å²) in [4.78, 5) is 88.1. The number of sulfonamides is 1. The number of aromatic amines is 1. The van der Waals surface area contributed by atoms with E-state index in [0.29, 0.717) is 80.4 Å². The Bertz CT molecular complexity index is 4430. The zero-order valence-electron chi connectivity index (χ0n) is 62.1. The molecule has 108 heavy (non-hydrogen) atoms. The Labute approximate surface area is 638 Å². The molecule has 4 atom stereocenters. The molecular weight excluding hydrogens is 1450 g/mol. The molecule has 0 unspecified atom stereocenters. The highest BCUT2D eigenvalue weighted by Gasteiger charge is 2.45. The highest BCUT2D eigenvalue weighted by Crippen LogP contribution is 2.42. The molecule has 2 saturated heterocycles. The number of nitro groups is 1. The van der Waals surface area contributed by atoms with E-state index in [1.54, 1.807) is 29.1 Å². The largest absolute Gasteiger partial charge is 0.476 e. The van der Waals surface area contributed by atoms with Crippen LogP contribution in [0.25, 0.3) is 27.0 Å². The van der Waals surface area contributed by atoms with Gasteiger partial charge in [-0.1, -0.05) is 68.8 Å². The van der Waals surface area contributed by atoms with Crippen molar-refractivity contribution in [3.05, 3.63) is 152 Å². The van der Waals surface area contributed by atoms with E-state index in [4.69, 9.17) is 49.7 Å². The molecule has 4 aromatic carbocycles. The highest BCUT2D eigenvalue weighted by molar-refractivity contribution is 7.90. The summed E-state index contributed by atoms with van der Waals surface area (Å²) in [6.07, 6.45) is 2.25. The van der Waals surface area contributed by atoms with Crippen molar-refractivity contribution in [3.63, 3.8) is 0 Å². The van der Waals surface area contributed by atoms with E-state index >= 15 is 0 Å². The van der Waals surface area contributed by atoms with Crippen LogP contribution in [-0.2, 0) is 52.8 Å². The second kappa shape index (κ2) is 36.7. The van der Waals surface area contributed by atoms with Gasteiger partial charge in [-0.2, -0.15) is 4.98 Å². The SMILES string of the molecule is Cc1ncsc1-c1ccc([C@H](C)NC(=O)[C@@H]2C[C@@H](O)CN2C(=O)[C@@H](NC(=O)CCOCCOCCOCCOCCOCCNc2ccc(S(=O)(=O)NC(=O)c3ccc(N4CCN(CC5=C(c6ccc(Cl)cc6)CC(C)(C)OC5)CC4)cc3N3CCCOc4nc5[nH]ccc5cc43)cc2[N+](=O)[O-])C(C)(C)C)cc1. The maximum atomic E-state index is 14.6. The zero-order chi connectivity index (χ0) is 76.7. The van der Waals surface area contributed by atoms with E-state index in [1.165, 1.54) is 28.2 Å². The number of β-amino-alcohol motifs (C(OH)–C–C–N with tert-alkyl or cyclic N) is 1. The van der Waals surface area contributed by atoms with Crippen LogP contribution < -0.4 is 35.2 Å². The molecule has 2 fully saturated rings. The number of aromatic nitrogens is 3. The number of carbonyl (C=O) groups is 4. The maximum absolute atomic E-state index is 14.6. The standard InChI is InChI=1S/C77H97ClN12O16S2/c1-50(52-9-11-54(12-10-52)69-51(2)81-49-107-69)82-73(94)66-43-59(91)47-89(66)75(95)70(76(3,4)5)83-68(92)22-31-100-33-35-102-37-39-104-40-38-103-36-34-101-32-24-79-63-20-18-60(44-65(63)90(96)97)108(98,99)85-72(93)61-19-17-58(42-64(61)88-25-8-30-105-74-67(88)41-55-21-23-80-71(55)84-74)87-28-26-86(27-29-87)46-56-48-106-77(6,7)45-62(56)53-13-15-57(78)16-14-53/h9-21,23,41-42,44,49-50,59,66,70,79,91H,8,22,24-40,43,45-48H2,1-7H3,(H,80,84)(H,82,94)(H,83,92)(H,85,93)/t50-,59+,66-,70+/m0/s1. The van der Waals surface area contributed by atoms with Gasteiger partial charge < -0.3 is 73.9 Å². The first kappa shape index (κ1) is 80.4. The molecule has 7 aromatic rings. The Hall–Kier alpha value is -8.66. The molecule has 4 aliphatic rings. The number of thiazole rings is 1. The predicted molar refractivity (Wildman–Crippen MR) is 413 cm³/mol. The molecule has 0 bridgehead atoms. The lowest BCUT2D eigenvalue weighted by Gasteiger charge is -2.39. The zero-order valence-corrected chi connectivity index (χ0v) is 64.5. The summed E-state index contributed by atoms with van der Waals surface area (Å²) in [6.45, 7) is 20.8. The lowest BCUT2D eigenvalue weighted by molar-refractivity contribution is -0.384. The number of amides is 4. The fourth-order valence-electron chi connectivity index (χ4n) is 13.5. The lowest BCUT2D eigenvalue weighted by atomic mass is 9.85. The van der Waals surface area contributed by atoms with E-state index in [9.17, 15) is 42.8 Å². The Kier molecular flexibility index (Phi) is 27.3. The molecular formula is C77H97ClN12O16S2. The van der Waals surface area contributed by atoms with Gasteiger partial charge in [0.25, 0.3) is 21.6 Å². The number of fused-ring (bicyclic) bond motifs is 2. The summed E-state index contributed by atoms with van der Waals surface area (Å²) < 4.78 is 71.1. The number of hydrogen-bond acceptors (Lipinski definition) is 23. The average molecular weight is 1550 g/mol. The number of rotatable bonds is 34. The van der Waals surface area contributed by atoms with Gasteiger partial charge in [-0.05, 0) is 122 Å². The molecule has 4 aliphatic heterocycles. The number of aryl methyl sites for hydroxylation is 1. The fraction of sp³-hybridized carbons (Fsp3) is 0.481. The number of ether oxygens (including phenoxy) is 7. The minimum atomic E-state index is -4.69. The molecule has 0 spiro atoms. The van der Waals surface area contributed by atoms with Crippen molar-refractivity contribution in [2.75, 3.05) is 147 Å². The number of benzene rings is 4. The molecule has 31 heteroatoms. The van der Waals surface area contributed by atoms with Crippen molar-refractivity contribution in [2.24, 2.45) is 5.41 Å². The van der Waals surface area contributed by atoms with Crippen molar-refractivity contribution < 1.29 is 70.8 Å². The molecule has 580 valence electrons. The van der Waals surface area contributed by atoms with Gasteiger partial charge in [-0.15, -0.1) is 11.3 Å². The minimum absolute atomic E-state index is 0.0212. The average Bonchev–Trinajstić information content (AvgIpc) is 1.40. The normalized spacial score (nSPS) is 17.6. The van der Waals surface area contributed by atoms with Crippen LogP contribution in [0, 0.1) is 22.5 Å². The second-order valence-corrected chi connectivity index (χ2v) is 31.8. The number of pyridine rings is 1. The van der Waals surface area contributed by atoms with Crippen LogP contribution in [0.15, 0.2) is 119 Å². The fourth-order valence-corrected chi connectivity index (χ4v) is 15.4. The van der Waals surface area contributed by atoms with Crippen molar-refractivity contribution in [3.8, 4) is 16.3 Å². The molecule has 4 amide bonds. The highest BCUT2D eigenvalue weighted by atomic mass is 35.5. The lowest BCUT2D eigenvalue weighted by Crippen LogP contribution is -2.58. The van der Waals surface area contributed by atoms with Gasteiger partial charge in [0.15, 0.2) is 0 Å². The van der Waals surface area contributed by atoms with Gasteiger partial charge in [0.2, 0.25) is 23.6 Å². The maximum Gasteiger partial charge on any atom is 0.293 e. The molecule has 11 rings (SSSR count). The monoisotopic (exact) mass is 1540 g/mol. The Balaban J connectivity index is 0.579. The van der Waals surface area contributed by atoms with Crippen LogP contribution >= 0.6 is 22.9 Å². The van der Waals surface area contributed by atoms with Gasteiger partial charge in [0.05, 0.1) is 134 Å². The number of likely N-dealkylation sites (tertiary alicyclic amines) is 1. The number of nitrogens with one attached hydrogen (secondary N) is 5. The number of H-pyrrole nitrogens is 1. The molecule has 0 saturated carbocycles. The molecule has 28 nitrogen and oxygen atoms in total. The number of nitro benzene ring substituents is 1. The summed E-state index contributed by atoms with van der Waals surface area (Å²) in [5.41, 5.74) is 9.32. The number of piperazine rings is 1. The van der Waals surface area contributed by atoms with Gasteiger partial charge in [0, 0.05) is 100.0 Å². The van der Waals surface area contributed by atoms with Crippen LogP contribution in [0.1, 0.15) is 100 Å². The van der Waals surface area contributed by atoms with Crippen LogP contribution in [0.3, 0.4) is 0 Å². The summed E-state index contributed by atoms with van der Waals surface area (Å²) in [5, 5.41) is 33.4. The quantitative estimate of drug-likeness (QED) is 0.0124. The Morgan fingerprint density at radius 2 is 1.51 bits per heavy atom. The number of aliphatic hydroxyl groups excluding tert-OH is 1. The molecule has 7 heterocycles. The van der Waals surface area contributed by atoms with E-state index < -0.39 is 72.8 Å². The van der Waals surface area contributed by atoms with Crippen molar-refractivity contribution in [1.29, 1.82) is 0 Å². The smallest absolute Gasteiger partial charge is 0.293 e. The van der Waals surface area contributed by atoms with Crippen molar-refractivity contribution in [1.82, 2.24) is 40.1 Å². The molecule has 3 aromatic heterocycles. The van der Waals surface area contributed by atoms with Gasteiger partial charge >= 0.3 is 0 Å². The third kappa shape index (κ3) is 21.0. The predicted octanol–water partition coefficient (Wildman–Crippen LogP) is 9.63. The first-order valence-corrected chi connectivity index (χ1v) is 39.2. The first-order chi connectivity index (χ1) is 51.8. The number of nitrogens with zero attached hydrogens (tertiary/aromatic N) is 7. The van der Waals surface area contributed by atoms with E-state index in [1.807, 2.05) is 100 Å². The van der Waals surface area contributed by atoms with Crippen LogP contribution in [0.4, 0.5) is 28.4 Å². The number of halogens is 1. The Morgan fingerprint density at radius 1 is 0.833 bits per heavy atom. The summed E-state index contributed by atoms with van der Waals surface area (Å²) in [5.74, 6) is -1.84. The molecule has 0 radical (unpaired) electrons. The summed E-state index contributed by atoms with van der Waals surface area (Å²) in [6, 6.07) is 26.1. The van der Waals surface area contributed by atoms with Crippen LogP contribution in [-0.4, -0.2) is 222 Å². The van der Waals surface area contributed by atoms with Crippen LogP contribution in [0.2, 0.25) is 5.02 Å². The topological polar surface area (TPSA) is 333 Å². The second-order valence-electron chi connectivity index (χ2n) is 28.9. The Morgan fingerprint density at radius 3 is 2.18 bits per heavy atom. The first-order valence-electron chi connectivity index (χ1n) is 36.5. The van der Waals surface area contributed by atoms with E-state index in [0.717, 1.165) is 70.5 Å². The minimum Gasteiger partial charge on any atom is -0.476 e. The third-order valence-electron chi connectivity index (χ3n) is 19.4. The number of aliphatic hydroxyl groups is 1. The van der Waals surface area contributed by atoms with Crippen LogP contribution in [0.5, 0.6) is 5.88 Å². The van der Waals surface area contributed by atoms with Gasteiger partial charge in [-0.3, -0.25) is 34.2 Å². The van der Waals surface area contributed by atoms with Crippen molar-refractivity contribution in [2.45, 2.75) is 109 Å². The molecule has 6 N–H and O–H groups in total. The van der Waals surface area contributed by atoms with E-state index in [-0.39, 0.29) is 102 Å². The summed E-state index contributed by atoms with van der Waals surface area (Å²) in [7, 11) is -4.69. The number of hydrogen-bond donors (Lipinski definition) is 6. The molecule has 0 aliphatic carbocycles. The van der Waals surface area contributed by atoms with Gasteiger partial charge in [-0.25, -0.2) is 18.1 Å². The number of carbonyl (C=O) groups excluding carboxylic acids is 4. The number of anilines is 4. The summed E-state index contributed by atoms with van der Waals surface area (Å²) >= 11 is 7.84. The van der Waals surface area contributed by atoms with Gasteiger partial charge in [0.1, 0.15) is 29.1 Å².